The first-order chi connectivity index (χ1) is 15.8. The van der Waals surface area contributed by atoms with Gasteiger partial charge in [-0.25, -0.2) is 13.2 Å². The van der Waals surface area contributed by atoms with Gasteiger partial charge in [-0.3, -0.25) is 9.59 Å². The van der Waals surface area contributed by atoms with Gasteiger partial charge in [0.2, 0.25) is 34.8 Å². The Hall–Kier alpha value is -2.19. The lowest BCUT2D eigenvalue weighted by atomic mass is 10.1. The lowest BCUT2D eigenvalue weighted by molar-refractivity contribution is -0.144. The van der Waals surface area contributed by atoms with Gasteiger partial charge in [-0.2, -0.15) is 8.78 Å². The summed E-state index contributed by atoms with van der Waals surface area (Å²) in [6, 6.07) is 0. The first kappa shape index (κ1) is 28.8. The summed E-state index contributed by atoms with van der Waals surface area (Å²) in [5.41, 5.74) is 0. The minimum atomic E-state index is -2.34. The predicted octanol–water partition coefficient (Wildman–Crippen LogP) is 7.31. The van der Waals surface area contributed by atoms with E-state index in [1.807, 2.05) is 0 Å². The molecule has 1 aromatic rings. The average Bonchev–Trinajstić information content (AvgIpc) is 2.80. The third kappa shape index (κ3) is 11.0. The van der Waals surface area contributed by atoms with Gasteiger partial charge in [0.1, 0.15) is 0 Å². The van der Waals surface area contributed by atoms with Crippen LogP contribution in [0.25, 0.3) is 0 Å². The second-order valence-electron chi connectivity index (χ2n) is 7.98. The molecular weight excluding hydrogens is 447 g/mol. The number of halogens is 5. The van der Waals surface area contributed by atoms with E-state index in [0.29, 0.717) is 0 Å². The molecular formula is C24H33F5O4. The van der Waals surface area contributed by atoms with Gasteiger partial charge in [-0.15, -0.1) is 0 Å². The molecule has 4 nitrogen and oxygen atoms in total. The molecule has 33 heavy (non-hydrogen) atoms. The van der Waals surface area contributed by atoms with Crippen molar-refractivity contribution in [3.63, 3.8) is 0 Å². The minimum absolute atomic E-state index is 0.0503. The number of rotatable bonds is 17. The highest BCUT2D eigenvalue weighted by atomic mass is 19.2. The molecule has 0 aliphatic carbocycles. The first-order valence-corrected chi connectivity index (χ1v) is 11.7. The summed E-state index contributed by atoms with van der Waals surface area (Å²) in [6.07, 6.45) is 12.2. The number of hydrogen-bond donors (Lipinski definition) is 0. The Bertz CT molecular complexity index is 726. The summed E-state index contributed by atoms with van der Waals surface area (Å²) in [4.78, 5) is 23.3. The Morgan fingerprint density at radius 3 is 1.52 bits per heavy atom. The number of esters is 2. The van der Waals surface area contributed by atoms with Gasteiger partial charge in [-0.1, -0.05) is 71.1 Å². The van der Waals surface area contributed by atoms with Gasteiger partial charge >= 0.3 is 11.9 Å². The van der Waals surface area contributed by atoms with Crippen LogP contribution in [0.1, 0.15) is 96.8 Å². The third-order valence-electron chi connectivity index (χ3n) is 5.16. The first-order valence-electron chi connectivity index (χ1n) is 11.7. The molecule has 9 heteroatoms. The molecule has 0 atom stereocenters. The van der Waals surface area contributed by atoms with E-state index in [1.54, 1.807) is 0 Å². The Labute approximate surface area is 191 Å². The van der Waals surface area contributed by atoms with Crippen LogP contribution in [0.3, 0.4) is 0 Å². The van der Waals surface area contributed by atoms with E-state index in [0.717, 1.165) is 25.7 Å². The van der Waals surface area contributed by atoms with E-state index in [2.05, 4.69) is 11.7 Å². The molecule has 0 aliphatic rings. The number of ether oxygens (including phenoxy) is 2. The van der Waals surface area contributed by atoms with Crippen molar-refractivity contribution in [1.82, 2.24) is 0 Å². The van der Waals surface area contributed by atoms with Crippen molar-refractivity contribution in [2.75, 3.05) is 6.61 Å². The molecule has 188 valence electrons. The van der Waals surface area contributed by atoms with Crippen molar-refractivity contribution in [2.45, 2.75) is 96.8 Å². The fourth-order valence-electron chi connectivity index (χ4n) is 3.24. The van der Waals surface area contributed by atoms with Crippen molar-refractivity contribution >= 4 is 11.9 Å². The number of unbranched alkanes of at least 4 members (excludes halogenated alkanes) is 10. The predicted molar refractivity (Wildman–Crippen MR) is 113 cm³/mol. The fourth-order valence-corrected chi connectivity index (χ4v) is 3.24. The Morgan fingerprint density at radius 2 is 1.00 bits per heavy atom. The van der Waals surface area contributed by atoms with Crippen LogP contribution in [-0.2, 0) is 14.3 Å². The molecule has 0 aromatic heterocycles. The van der Waals surface area contributed by atoms with Crippen LogP contribution < -0.4 is 4.74 Å². The van der Waals surface area contributed by atoms with E-state index >= 15 is 0 Å². The van der Waals surface area contributed by atoms with Crippen LogP contribution in [-0.4, -0.2) is 18.5 Å². The highest BCUT2D eigenvalue weighted by molar-refractivity contribution is 5.74. The van der Waals surface area contributed by atoms with Crippen molar-refractivity contribution in [3.8, 4) is 5.75 Å². The lowest BCUT2D eigenvalue weighted by Gasteiger charge is -2.09. The average molecular weight is 481 g/mol. The Morgan fingerprint density at radius 1 is 0.576 bits per heavy atom. The van der Waals surface area contributed by atoms with Gasteiger partial charge in [0.25, 0.3) is 0 Å². The van der Waals surface area contributed by atoms with E-state index in [1.165, 1.54) is 44.9 Å². The normalized spacial score (nSPS) is 11.0. The Kier molecular flexibility index (Phi) is 14.4. The fraction of sp³-hybridized carbons (Fsp3) is 0.667. The molecule has 1 rings (SSSR count). The van der Waals surface area contributed by atoms with Crippen molar-refractivity contribution < 1.29 is 41.0 Å². The number of benzene rings is 1. The molecule has 0 bridgehead atoms. The van der Waals surface area contributed by atoms with Gasteiger partial charge in [0.05, 0.1) is 6.61 Å². The molecule has 1 aromatic carbocycles. The highest BCUT2D eigenvalue weighted by Crippen LogP contribution is 2.29. The second kappa shape index (κ2) is 16.4. The number of carbonyl (C=O) groups is 2. The molecule has 0 spiro atoms. The van der Waals surface area contributed by atoms with Crippen LogP contribution in [0.5, 0.6) is 5.75 Å². The van der Waals surface area contributed by atoms with E-state index in [-0.39, 0.29) is 19.4 Å². The summed E-state index contributed by atoms with van der Waals surface area (Å²) in [5.74, 6) is -14.6. The monoisotopic (exact) mass is 480 g/mol. The maximum Gasteiger partial charge on any atom is 0.311 e. The maximum absolute atomic E-state index is 13.5. The van der Waals surface area contributed by atoms with Crippen molar-refractivity contribution in [1.29, 1.82) is 0 Å². The zero-order chi connectivity index (χ0) is 24.6. The van der Waals surface area contributed by atoms with Crippen LogP contribution in [0.15, 0.2) is 0 Å². The van der Waals surface area contributed by atoms with Gasteiger partial charge < -0.3 is 9.47 Å². The molecule has 0 radical (unpaired) electrons. The summed E-state index contributed by atoms with van der Waals surface area (Å²) in [6.45, 7) is 2.47. The van der Waals surface area contributed by atoms with Crippen LogP contribution in [0, 0.1) is 29.1 Å². The number of carbonyl (C=O) groups excluding carboxylic acids is 2. The molecule has 0 amide bonds. The highest BCUT2D eigenvalue weighted by Gasteiger charge is 2.28. The molecule has 0 unspecified atom stereocenters. The van der Waals surface area contributed by atoms with Crippen molar-refractivity contribution in [2.24, 2.45) is 0 Å². The van der Waals surface area contributed by atoms with E-state index < -0.39 is 53.2 Å². The van der Waals surface area contributed by atoms with Gasteiger partial charge in [0.15, 0.2) is 0 Å². The smallest absolute Gasteiger partial charge is 0.311 e. The summed E-state index contributed by atoms with van der Waals surface area (Å²) < 4.78 is 75.5. The SMILES string of the molecule is CCCCCCCCCCCCCOC(=O)CCCC(=O)Oc1c(F)c(F)c(F)c(F)c1F. The standard InChI is InChI=1S/C24H33F5O4/c1-2-3-4-5-6-7-8-9-10-11-12-16-32-17(30)14-13-15-18(31)33-24-22(28)20(26)19(25)21(27)23(24)29/h2-16H2,1H3. The zero-order valence-corrected chi connectivity index (χ0v) is 19.1. The summed E-state index contributed by atoms with van der Waals surface area (Å²) in [5, 5.41) is 0. The second-order valence-corrected chi connectivity index (χ2v) is 7.98. The topological polar surface area (TPSA) is 52.6 Å². The molecule has 0 fully saturated rings. The largest absolute Gasteiger partial charge is 0.466 e. The zero-order valence-electron chi connectivity index (χ0n) is 19.1. The van der Waals surface area contributed by atoms with Crippen LogP contribution >= 0.6 is 0 Å². The van der Waals surface area contributed by atoms with E-state index in [9.17, 15) is 31.5 Å². The van der Waals surface area contributed by atoms with Gasteiger partial charge in [0, 0.05) is 12.8 Å². The molecule has 0 N–H and O–H groups in total. The quantitative estimate of drug-likeness (QED) is 0.0586. The van der Waals surface area contributed by atoms with Crippen LogP contribution in [0.4, 0.5) is 22.0 Å². The molecule has 0 saturated heterocycles. The summed E-state index contributed by atoms with van der Waals surface area (Å²) in [7, 11) is 0. The maximum atomic E-state index is 13.5. The Balaban J connectivity index is 2.11. The minimum Gasteiger partial charge on any atom is -0.466 e. The van der Waals surface area contributed by atoms with Crippen molar-refractivity contribution in [3.05, 3.63) is 29.1 Å². The third-order valence-corrected chi connectivity index (χ3v) is 5.16. The van der Waals surface area contributed by atoms with Gasteiger partial charge in [-0.05, 0) is 12.8 Å². The summed E-state index contributed by atoms with van der Waals surface area (Å²) >= 11 is 0. The lowest BCUT2D eigenvalue weighted by Crippen LogP contribution is -2.14. The molecule has 0 aliphatic heterocycles. The molecule has 0 heterocycles. The van der Waals surface area contributed by atoms with E-state index in [4.69, 9.17) is 4.74 Å². The number of hydrogen-bond acceptors (Lipinski definition) is 4. The molecule has 0 saturated carbocycles. The van der Waals surface area contributed by atoms with Crippen LogP contribution in [0.2, 0.25) is 0 Å².